The number of nitrogens with zero attached hydrogens (tertiary/aromatic N) is 1. The highest BCUT2D eigenvalue weighted by Gasteiger charge is 2.50. The van der Waals surface area contributed by atoms with Crippen LogP contribution in [0.5, 0.6) is 23.0 Å². The number of carbonyl (C=O) groups excluding carboxylic acids is 3. The van der Waals surface area contributed by atoms with Gasteiger partial charge in [-0.15, -0.1) is 0 Å². The van der Waals surface area contributed by atoms with Crippen LogP contribution >= 0.6 is 0 Å². The zero-order valence-electron chi connectivity index (χ0n) is 34.9. The number of aliphatic hydroxyl groups is 2. The van der Waals surface area contributed by atoms with Crippen molar-refractivity contribution in [2.24, 2.45) is 23.7 Å². The van der Waals surface area contributed by atoms with Gasteiger partial charge in [-0.2, -0.15) is 0 Å². The summed E-state index contributed by atoms with van der Waals surface area (Å²) in [6.07, 6.45) is 3.94. The Morgan fingerprint density at radius 1 is 0.965 bits per heavy atom. The summed E-state index contributed by atoms with van der Waals surface area (Å²) in [5, 5.41) is 49.4. The molecule has 0 unspecified atom stereocenters. The van der Waals surface area contributed by atoms with E-state index in [-0.39, 0.29) is 63.7 Å². The Morgan fingerprint density at radius 2 is 1.63 bits per heavy atom. The summed E-state index contributed by atoms with van der Waals surface area (Å²) in [6, 6.07) is 0. The number of allylic oxidation sites excluding steroid dienone is 2. The number of aliphatic hydroxyl groups excluding tert-OH is 2. The number of Topliss-reactive ketones (excluding diaryl/α,β-unsaturated/α-hetero) is 1. The first-order valence-corrected chi connectivity index (χ1v) is 19.3. The van der Waals surface area contributed by atoms with Crippen molar-refractivity contribution in [1.82, 2.24) is 4.90 Å². The van der Waals surface area contributed by atoms with E-state index >= 15 is 0 Å². The van der Waals surface area contributed by atoms with Crippen molar-refractivity contribution in [3.05, 3.63) is 52.8 Å². The Labute approximate surface area is 334 Å². The molecule has 4 bridgehead atoms. The van der Waals surface area contributed by atoms with E-state index < -0.39 is 82.8 Å². The predicted octanol–water partition coefficient (Wildman–Crippen LogP) is 6.00. The van der Waals surface area contributed by atoms with Gasteiger partial charge in [0.1, 0.15) is 30.1 Å². The third-order valence-corrected chi connectivity index (χ3v) is 11.7. The molecule has 0 saturated carbocycles. The summed E-state index contributed by atoms with van der Waals surface area (Å²) in [7, 11) is 1.46. The van der Waals surface area contributed by atoms with Crippen LogP contribution in [0.25, 0.3) is 10.8 Å². The number of carbonyl (C=O) groups is 3. The number of phenolic OH excluding ortho intramolecular Hbond substituents is 2. The fourth-order valence-corrected chi connectivity index (χ4v) is 7.89. The molecule has 0 fully saturated rings. The lowest BCUT2D eigenvalue weighted by Gasteiger charge is -2.40. The van der Waals surface area contributed by atoms with E-state index in [9.17, 15) is 34.8 Å². The summed E-state index contributed by atoms with van der Waals surface area (Å²) >= 11 is 0. The highest BCUT2D eigenvalue weighted by atomic mass is 16.7. The monoisotopic (exact) mass is 794 g/mol. The summed E-state index contributed by atoms with van der Waals surface area (Å²) in [5.41, 5.74) is 0.435. The lowest BCUT2D eigenvalue weighted by atomic mass is 9.78. The second-order valence-electron chi connectivity index (χ2n) is 16.8. The van der Waals surface area contributed by atoms with Crippen LogP contribution in [0.2, 0.25) is 0 Å². The number of hydrogen-bond donors (Lipinski definition) is 5. The molecule has 0 spiro atoms. The lowest BCUT2D eigenvalue weighted by molar-refractivity contribution is -0.160. The molecule has 2 aromatic rings. The summed E-state index contributed by atoms with van der Waals surface area (Å²) in [4.78, 5) is 42.6. The van der Waals surface area contributed by atoms with Crippen LogP contribution in [0.15, 0.2) is 36.1 Å². The molecule has 0 radical (unpaired) electrons. The third-order valence-electron chi connectivity index (χ3n) is 11.7. The fraction of sp³-hybridized carbons (Fsp3) is 0.558. The Morgan fingerprint density at radius 3 is 2.25 bits per heavy atom. The van der Waals surface area contributed by atoms with Gasteiger partial charge < -0.3 is 49.4 Å². The molecule has 0 saturated heterocycles. The van der Waals surface area contributed by atoms with Crippen molar-refractivity contribution in [2.75, 3.05) is 19.2 Å². The van der Waals surface area contributed by atoms with E-state index in [2.05, 4.69) is 5.32 Å². The predicted molar refractivity (Wildman–Crippen MR) is 213 cm³/mol. The Bertz CT molecular complexity index is 2010. The Hall–Kier alpha value is -4.63. The van der Waals surface area contributed by atoms with E-state index in [0.29, 0.717) is 5.56 Å². The molecule has 0 aliphatic carbocycles. The van der Waals surface area contributed by atoms with E-state index in [1.165, 1.54) is 27.2 Å². The Kier molecular flexibility index (Phi) is 12.5. The molecule has 14 heteroatoms. The largest absolute Gasteiger partial charge is 0.507 e. The minimum atomic E-state index is -1.95. The molecule has 2 aromatic carbocycles. The van der Waals surface area contributed by atoms with Gasteiger partial charge in [0.15, 0.2) is 5.75 Å². The molecule has 14 nitrogen and oxygen atoms in total. The van der Waals surface area contributed by atoms with Crippen LogP contribution in [0, 0.1) is 30.6 Å². The number of rotatable bonds is 2. The summed E-state index contributed by atoms with van der Waals surface area (Å²) < 4.78 is 30.2. The molecule has 312 valence electrons. The normalized spacial score (nSPS) is 32.4. The average Bonchev–Trinajstić information content (AvgIpc) is 3.42. The molecule has 9 atom stereocenters. The minimum Gasteiger partial charge on any atom is -0.507 e. The molecule has 3 aliphatic rings. The maximum atomic E-state index is 14.5. The van der Waals surface area contributed by atoms with Crippen molar-refractivity contribution in [2.45, 2.75) is 118 Å². The number of amides is 1. The molecule has 3 heterocycles. The van der Waals surface area contributed by atoms with Crippen LogP contribution in [0.4, 0.5) is 5.69 Å². The molecular weight excluding hydrogens is 736 g/mol. The molecule has 3 aliphatic heterocycles. The lowest BCUT2D eigenvalue weighted by Crippen LogP contribution is -2.46. The number of anilines is 1. The van der Waals surface area contributed by atoms with E-state index in [4.69, 9.17) is 23.7 Å². The van der Waals surface area contributed by atoms with Crippen molar-refractivity contribution in [1.29, 1.82) is 0 Å². The van der Waals surface area contributed by atoms with Gasteiger partial charge in [0.05, 0.1) is 41.2 Å². The van der Waals surface area contributed by atoms with E-state index in [1.54, 1.807) is 65.8 Å². The van der Waals surface area contributed by atoms with Gasteiger partial charge >= 0.3 is 11.8 Å². The topological polar surface area (TPSA) is 194 Å². The van der Waals surface area contributed by atoms with Crippen LogP contribution < -0.4 is 14.8 Å². The number of fused-ring (bicyclic) bond motifs is 1. The van der Waals surface area contributed by atoms with Gasteiger partial charge in [-0.3, -0.25) is 19.3 Å². The maximum Gasteiger partial charge on any atom is 0.312 e. The highest BCUT2D eigenvalue weighted by Crippen LogP contribution is 2.56. The first-order chi connectivity index (χ1) is 26.5. The smallest absolute Gasteiger partial charge is 0.312 e. The van der Waals surface area contributed by atoms with E-state index in [1.807, 2.05) is 25.7 Å². The molecule has 0 aromatic heterocycles. The molecule has 5 rings (SSSR count). The number of aromatic hydroxyl groups is 2. The second-order valence-corrected chi connectivity index (χ2v) is 16.8. The molecular formula is C43H58N2O12. The third kappa shape index (κ3) is 8.09. The van der Waals surface area contributed by atoms with Crippen molar-refractivity contribution in [3.8, 4) is 23.0 Å². The molecule has 5 N–H and O–H groups in total. The number of nitrogens with one attached hydrogen (secondary N) is 1. The zero-order valence-corrected chi connectivity index (χ0v) is 34.9. The van der Waals surface area contributed by atoms with Gasteiger partial charge in [-0.05, 0) is 40.7 Å². The number of phenols is 2. The number of methoxy groups -OCH3 is 1. The number of benzene rings is 2. The number of hydrogen-bond acceptors (Lipinski definition) is 13. The van der Waals surface area contributed by atoms with Gasteiger partial charge in [-0.1, -0.05) is 45.9 Å². The highest BCUT2D eigenvalue weighted by molar-refractivity contribution is 6.22. The van der Waals surface area contributed by atoms with Gasteiger partial charge in [0, 0.05) is 78.8 Å². The van der Waals surface area contributed by atoms with Gasteiger partial charge in [0.25, 0.3) is 11.7 Å². The maximum absolute atomic E-state index is 14.5. The van der Waals surface area contributed by atoms with Gasteiger partial charge in [-0.25, -0.2) is 0 Å². The minimum absolute atomic E-state index is 0.0121. The average molecular weight is 795 g/mol. The standard InChI is InChI=1S/C43H58N2O12/c1-20-14-13-15-21(2)41(52)44-32-27-18-45(42(8,9)10)19-54-39(27)29-30(36(32)50)35(49)25(6)38-31(29)40(51)43(11,57-38)55-17-16-28(53-12)22(3)37(56-26(7)46)24(5)34(48)23(4)33(20)47/h13-17,20,22-24,28,33-34,37,47-50H,18-19H2,1-12H3,(H,44,52)/b14-13+,17-16+,21-15-/t20-,22+,23+,24+,28-,33-,34+,37+,43-/m0/s1. The molecule has 1 amide bonds. The summed E-state index contributed by atoms with van der Waals surface area (Å²) in [6.45, 7) is 19.1. The first-order valence-electron chi connectivity index (χ1n) is 19.3. The van der Waals surface area contributed by atoms with Crippen molar-refractivity contribution in [3.63, 3.8) is 0 Å². The zero-order chi connectivity index (χ0) is 42.5. The number of ketones is 1. The number of ether oxygens (including phenoxy) is 5. The molecule has 57 heavy (non-hydrogen) atoms. The van der Waals surface area contributed by atoms with Crippen molar-refractivity contribution >= 4 is 34.1 Å². The second kappa shape index (κ2) is 16.3. The van der Waals surface area contributed by atoms with Crippen LogP contribution in [0.3, 0.4) is 0 Å². The Balaban J connectivity index is 1.72. The van der Waals surface area contributed by atoms with Crippen molar-refractivity contribution < 1.29 is 58.5 Å². The first kappa shape index (κ1) is 43.5. The van der Waals surface area contributed by atoms with Crippen LogP contribution in [0.1, 0.15) is 90.7 Å². The van der Waals surface area contributed by atoms with E-state index in [0.717, 1.165) is 0 Å². The van der Waals surface area contributed by atoms with Crippen LogP contribution in [-0.2, 0) is 30.3 Å². The number of esters is 1. The summed E-state index contributed by atoms with van der Waals surface area (Å²) in [5.74, 6) is -6.66. The quantitative estimate of drug-likeness (QED) is 0.176. The van der Waals surface area contributed by atoms with Crippen LogP contribution in [-0.4, -0.2) is 92.6 Å². The van der Waals surface area contributed by atoms with Gasteiger partial charge in [0.2, 0.25) is 0 Å². The fourth-order valence-electron chi connectivity index (χ4n) is 7.89. The SMILES string of the molecule is CO[C@H]1/C=C/O[C@@]2(C)Oc3c(C)c(O)c4c(O)c(c5c(c4c3C2=O)OCN(C(C)(C)C)C5)NC(=O)/C(C)=C\C=C\[C@H](C)[C@H](O)[C@@H](C)[C@@H](O)[C@@H](C)[C@H](OC(C)=O)[C@@H]1C.